The van der Waals surface area contributed by atoms with Gasteiger partial charge in [0.25, 0.3) is 0 Å². The number of rotatable bonds is 1. The highest BCUT2D eigenvalue weighted by Gasteiger charge is 2.38. The molecule has 2 amide bonds. The molecule has 2 heterocycles. The van der Waals surface area contributed by atoms with Gasteiger partial charge in [-0.25, -0.2) is 9.59 Å². The fraction of sp³-hybridized carbons (Fsp3) is 0.833. The van der Waals surface area contributed by atoms with Gasteiger partial charge in [-0.3, -0.25) is 0 Å². The van der Waals surface area contributed by atoms with Crippen molar-refractivity contribution < 1.29 is 19.8 Å². The first-order chi connectivity index (χ1) is 8.50. The highest BCUT2D eigenvalue weighted by atomic mass is 16.4. The number of carbonyl (C=O) groups excluding carboxylic acids is 1. The molecule has 18 heavy (non-hydrogen) atoms. The second-order valence-corrected chi connectivity index (χ2v) is 5.25. The van der Waals surface area contributed by atoms with E-state index in [0.717, 1.165) is 6.42 Å². The molecule has 102 valence electrons. The first kappa shape index (κ1) is 13.1. The van der Waals surface area contributed by atoms with Crippen molar-refractivity contribution in [1.29, 1.82) is 0 Å². The van der Waals surface area contributed by atoms with Crippen LogP contribution < -0.4 is 0 Å². The Morgan fingerprint density at radius 3 is 2.56 bits per heavy atom. The molecule has 3 unspecified atom stereocenters. The fourth-order valence-electron chi connectivity index (χ4n) is 2.74. The predicted octanol–water partition coefficient (Wildman–Crippen LogP) is 0.358. The molecule has 0 aromatic rings. The number of aliphatic hydroxyl groups is 1. The Labute approximate surface area is 106 Å². The number of hydrogen-bond acceptors (Lipinski definition) is 3. The van der Waals surface area contributed by atoms with Crippen molar-refractivity contribution in [3.8, 4) is 0 Å². The Kier molecular flexibility index (Phi) is 3.75. The summed E-state index contributed by atoms with van der Waals surface area (Å²) in [6.07, 6.45) is 1.49. The van der Waals surface area contributed by atoms with Crippen molar-refractivity contribution in [2.45, 2.75) is 38.3 Å². The average molecular weight is 256 g/mol. The first-order valence-electron chi connectivity index (χ1n) is 6.47. The summed E-state index contributed by atoms with van der Waals surface area (Å²) in [5.74, 6) is -0.875. The lowest BCUT2D eigenvalue weighted by Gasteiger charge is -2.37. The Hall–Kier alpha value is -1.30. The minimum atomic E-state index is -0.925. The van der Waals surface area contributed by atoms with Gasteiger partial charge in [0.1, 0.15) is 6.04 Å². The van der Waals surface area contributed by atoms with E-state index in [4.69, 9.17) is 5.11 Å². The lowest BCUT2D eigenvalue weighted by Crippen LogP contribution is -2.52. The second kappa shape index (κ2) is 5.14. The maximum absolute atomic E-state index is 12.3. The molecule has 0 aromatic heterocycles. The number of hydrogen-bond donors (Lipinski definition) is 2. The molecular weight excluding hydrogens is 236 g/mol. The van der Waals surface area contributed by atoms with Gasteiger partial charge in [-0.2, -0.15) is 0 Å². The molecule has 2 aliphatic rings. The monoisotopic (exact) mass is 256 g/mol. The number of carboxylic acid groups (broad SMARTS) is 1. The number of aliphatic carboxylic acids is 1. The number of aliphatic hydroxyl groups excluding tert-OH is 1. The van der Waals surface area contributed by atoms with Gasteiger partial charge >= 0.3 is 12.0 Å². The van der Waals surface area contributed by atoms with E-state index >= 15 is 0 Å². The first-order valence-corrected chi connectivity index (χ1v) is 6.47. The molecule has 6 heteroatoms. The van der Waals surface area contributed by atoms with Crippen LogP contribution in [0.25, 0.3) is 0 Å². The van der Waals surface area contributed by atoms with E-state index in [1.165, 1.54) is 4.90 Å². The summed E-state index contributed by atoms with van der Waals surface area (Å²) >= 11 is 0. The van der Waals surface area contributed by atoms with Crippen molar-refractivity contribution in [1.82, 2.24) is 9.80 Å². The molecule has 6 nitrogen and oxygen atoms in total. The minimum absolute atomic E-state index is 0.0496. The molecule has 0 spiro atoms. The third-order valence-electron chi connectivity index (χ3n) is 3.91. The van der Waals surface area contributed by atoms with E-state index in [-0.39, 0.29) is 18.1 Å². The number of carbonyl (C=O) groups is 2. The molecule has 3 atom stereocenters. The van der Waals surface area contributed by atoms with E-state index in [9.17, 15) is 14.7 Å². The van der Waals surface area contributed by atoms with Crippen LogP contribution in [0.2, 0.25) is 0 Å². The minimum Gasteiger partial charge on any atom is -0.480 e. The summed E-state index contributed by atoms with van der Waals surface area (Å²) in [7, 11) is 0. The van der Waals surface area contributed by atoms with Crippen LogP contribution in [0.4, 0.5) is 4.79 Å². The van der Waals surface area contributed by atoms with Gasteiger partial charge in [-0.15, -0.1) is 0 Å². The molecular formula is C12H20N2O4. The zero-order valence-electron chi connectivity index (χ0n) is 10.6. The van der Waals surface area contributed by atoms with Crippen LogP contribution >= 0.6 is 0 Å². The summed E-state index contributed by atoms with van der Waals surface area (Å²) in [5.41, 5.74) is 0. The molecule has 2 fully saturated rings. The van der Waals surface area contributed by atoms with Gasteiger partial charge in [-0.1, -0.05) is 6.92 Å². The Morgan fingerprint density at radius 1 is 1.22 bits per heavy atom. The van der Waals surface area contributed by atoms with Crippen LogP contribution in [-0.2, 0) is 4.79 Å². The van der Waals surface area contributed by atoms with Gasteiger partial charge in [-0.05, 0) is 25.2 Å². The van der Waals surface area contributed by atoms with Crippen LogP contribution in [0.5, 0.6) is 0 Å². The van der Waals surface area contributed by atoms with Crippen molar-refractivity contribution in [3.05, 3.63) is 0 Å². The molecule has 0 aromatic carbocycles. The zero-order valence-corrected chi connectivity index (χ0v) is 10.6. The third-order valence-corrected chi connectivity index (χ3v) is 3.91. The SMILES string of the molecule is CC1CN(C(=O)N2CCCC2C(=O)O)CCC1O. The predicted molar refractivity (Wildman–Crippen MR) is 64.1 cm³/mol. The molecule has 2 N–H and O–H groups in total. The van der Waals surface area contributed by atoms with Gasteiger partial charge in [0, 0.05) is 19.6 Å². The summed E-state index contributed by atoms with van der Waals surface area (Å²) in [6.45, 7) is 3.43. The number of nitrogens with zero attached hydrogens (tertiary/aromatic N) is 2. The van der Waals surface area contributed by atoms with E-state index in [0.29, 0.717) is 32.5 Å². The maximum atomic E-state index is 12.3. The van der Waals surface area contributed by atoms with Crippen LogP contribution in [0, 0.1) is 5.92 Å². The van der Waals surface area contributed by atoms with Gasteiger partial charge in [0.15, 0.2) is 0 Å². The number of carboxylic acids is 1. The molecule has 0 radical (unpaired) electrons. The summed E-state index contributed by atoms with van der Waals surface area (Å²) in [4.78, 5) is 26.5. The Balaban J connectivity index is 2.01. The summed E-state index contributed by atoms with van der Waals surface area (Å²) < 4.78 is 0. The zero-order chi connectivity index (χ0) is 13.3. The normalized spacial score (nSPS) is 32.7. The fourth-order valence-corrected chi connectivity index (χ4v) is 2.74. The molecule has 2 saturated heterocycles. The van der Waals surface area contributed by atoms with Gasteiger partial charge < -0.3 is 20.0 Å². The van der Waals surface area contributed by atoms with E-state index in [1.807, 2.05) is 6.92 Å². The topological polar surface area (TPSA) is 81.1 Å². The van der Waals surface area contributed by atoms with Crippen LogP contribution in [0.15, 0.2) is 0 Å². The average Bonchev–Trinajstić information content (AvgIpc) is 2.81. The largest absolute Gasteiger partial charge is 0.480 e. The highest BCUT2D eigenvalue weighted by Crippen LogP contribution is 2.23. The van der Waals surface area contributed by atoms with Crippen LogP contribution in [0.1, 0.15) is 26.2 Å². The maximum Gasteiger partial charge on any atom is 0.326 e. The smallest absolute Gasteiger partial charge is 0.326 e. The Morgan fingerprint density at radius 2 is 1.94 bits per heavy atom. The van der Waals surface area contributed by atoms with Crippen LogP contribution in [0.3, 0.4) is 0 Å². The van der Waals surface area contributed by atoms with Gasteiger partial charge in [0.2, 0.25) is 0 Å². The Bertz CT molecular complexity index is 347. The second-order valence-electron chi connectivity index (χ2n) is 5.25. The van der Waals surface area contributed by atoms with Crippen molar-refractivity contribution in [2.75, 3.05) is 19.6 Å². The highest BCUT2D eigenvalue weighted by molar-refractivity contribution is 5.83. The lowest BCUT2D eigenvalue weighted by molar-refractivity contribution is -0.141. The number of likely N-dealkylation sites (tertiary alicyclic amines) is 2. The molecule has 0 saturated carbocycles. The van der Waals surface area contributed by atoms with Crippen molar-refractivity contribution >= 4 is 12.0 Å². The molecule has 2 rings (SSSR count). The van der Waals surface area contributed by atoms with Crippen molar-refractivity contribution in [2.24, 2.45) is 5.92 Å². The van der Waals surface area contributed by atoms with E-state index < -0.39 is 12.0 Å². The third kappa shape index (κ3) is 2.43. The molecule has 2 aliphatic heterocycles. The van der Waals surface area contributed by atoms with Gasteiger partial charge in [0.05, 0.1) is 6.10 Å². The van der Waals surface area contributed by atoms with E-state index in [1.54, 1.807) is 4.90 Å². The summed E-state index contributed by atoms with van der Waals surface area (Å²) in [5, 5.41) is 18.7. The number of piperidine rings is 1. The molecule has 0 aliphatic carbocycles. The lowest BCUT2D eigenvalue weighted by atomic mass is 9.97. The number of urea groups is 1. The van der Waals surface area contributed by atoms with E-state index in [2.05, 4.69) is 0 Å². The van der Waals surface area contributed by atoms with Crippen molar-refractivity contribution in [3.63, 3.8) is 0 Å². The van der Waals surface area contributed by atoms with Crippen LogP contribution in [-0.4, -0.2) is 63.8 Å². The summed E-state index contributed by atoms with van der Waals surface area (Å²) in [6, 6.07) is -0.877. The number of amides is 2. The molecule has 0 bridgehead atoms. The quantitative estimate of drug-likeness (QED) is 0.709. The standard InChI is InChI=1S/C12H20N2O4/c1-8-7-13(6-4-10(8)15)12(18)14-5-2-3-9(14)11(16)17/h8-10,15H,2-7H2,1H3,(H,16,17).